The van der Waals surface area contributed by atoms with E-state index < -0.39 is 0 Å². The summed E-state index contributed by atoms with van der Waals surface area (Å²) in [5.41, 5.74) is 0. The second-order valence-electron chi connectivity index (χ2n) is 0.0583. The molecule has 0 spiro atoms. The first-order valence-corrected chi connectivity index (χ1v) is 0.926. The van der Waals surface area contributed by atoms with E-state index in [2.05, 4.69) is 27.6 Å². The van der Waals surface area contributed by atoms with Crippen LogP contribution in [0.3, 0.4) is 0 Å². The van der Waals surface area contributed by atoms with Crippen LogP contribution in [0.2, 0.25) is 0 Å². The van der Waals surface area contributed by atoms with Gasteiger partial charge in [-0.05, 0) is 0 Å². The third kappa shape index (κ3) is 10.1. The van der Waals surface area contributed by atoms with E-state index in [9.17, 15) is 0 Å². The number of hydrogen-bond donors (Lipinski definition) is 0. The fraction of sp³-hybridized carbons (Fsp3) is 0. The molecule has 0 unspecified atom stereocenters. The van der Waals surface area contributed by atoms with Crippen LogP contribution in [0.15, 0.2) is 0 Å². The molecular weight excluding hydrogens is 209 g/mol. The SMILES string of the molecule is ClOCl.[Sb]. The molecule has 4 heavy (non-hydrogen) atoms. The minimum absolute atomic E-state index is 0. The van der Waals surface area contributed by atoms with E-state index in [1.54, 1.807) is 0 Å². The van der Waals surface area contributed by atoms with Crippen LogP contribution < -0.4 is 0 Å². The van der Waals surface area contributed by atoms with Gasteiger partial charge in [0.1, 0.15) is 0 Å². The molecule has 3 radical (unpaired) electrons. The summed E-state index contributed by atoms with van der Waals surface area (Å²) < 4.78 is 3.19. The van der Waals surface area contributed by atoms with Crippen molar-refractivity contribution >= 4 is 48.2 Å². The summed E-state index contributed by atoms with van der Waals surface area (Å²) in [5, 5.41) is 0. The Morgan fingerprint density at radius 1 is 1.25 bits per heavy atom. The topological polar surface area (TPSA) is 9.23 Å². The molecule has 0 aliphatic rings. The largest absolute Gasteiger partial charge is 0.166 e. The molecule has 25 valence electrons. The molecule has 0 aromatic rings. The summed E-state index contributed by atoms with van der Waals surface area (Å²) in [7, 11) is 0. The van der Waals surface area contributed by atoms with Gasteiger partial charge in [0.25, 0.3) is 0 Å². The Morgan fingerprint density at radius 2 is 1.25 bits per heavy atom. The van der Waals surface area contributed by atoms with Crippen molar-refractivity contribution in [1.82, 2.24) is 0 Å². The molecule has 0 heterocycles. The zero-order valence-electron chi connectivity index (χ0n) is 1.61. The van der Waals surface area contributed by atoms with Crippen molar-refractivity contribution in [3.63, 3.8) is 0 Å². The van der Waals surface area contributed by atoms with Crippen molar-refractivity contribution in [3.8, 4) is 0 Å². The monoisotopic (exact) mass is 207 g/mol. The third-order valence-corrected chi connectivity index (χ3v) is 0. The van der Waals surface area contributed by atoms with E-state index in [0.29, 0.717) is 0 Å². The number of rotatable bonds is 0. The molecule has 0 fully saturated rings. The van der Waals surface area contributed by atoms with Crippen LogP contribution in [0, 0.1) is 0 Å². The van der Waals surface area contributed by atoms with Crippen LogP contribution in [-0.4, -0.2) is 24.4 Å². The summed E-state index contributed by atoms with van der Waals surface area (Å²) >= 11 is 8.53. The molecule has 0 atom stereocenters. The van der Waals surface area contributed by atoms with Gasteiger partial charge in [0.15, 0.2) is 0 Å². The van der Waals surface area contributed by atoms with E-state index in [0.717, 1.165) is 0 Å². The van der Waals surface area contributed by atoms with E-state index in [1.165, 1.54) is 0 Å². The van der Waals surface area contributed by atoms with Gasteiger partial charge in [0.2, 0.25) is 0 Å². The first kappa shape index (κ1) is 9.02. The second kappa shape index (κ2) is 8.84. The van der Waals surface area contributed by atoms with Crippen LogP contribution in [0.25, 0.3) is 0 Å². The number of halogens is 2. The summed E-state index contributed by atoms with van der Waals surface area (Å²) in [6.45, 7) is 0. The quantitative estimate of drug-likeness (QED) is 0.539. The Labute approximate surface area is 52.0 Å². The molecule has 1 nitrogen and oxygen atoms in total. The summed E-state index contributed by atoms with van der Waals surface area (Å²) in [5.74, 6) is 0. The Bertz CT molecular complexity index is 6.00. The van der Waals surface area contributed by atoms with Crippen molar-refractivity contribution in [2.24, 2.45) is 0 Å². The predicted molar refractivity (Wildman–Crippen MR) is 18.5 cm³/mol. The van der Waals surface area contributed by atoms with Gasteiger partial charge in [0.05, 0.1) is 23.7 Å². The molecule has 0 aromatic heterocycles. The molecule has 0 aromatic carbocycles. The molecule has 0 N–H and O–H groups in total. The van der Waals surface area contributed by atoms with Gasteiger partial charge in [-0.25, -0.2) is 0 Å². The summed E-state index contributed by atoms with van der Waals surface area (Å²) in [4.78, 5) is 0. The Balaban J connectivity index is 0. The summed E-state index contributed by atoms with van der Waals surface area (Å²) in [6.07, 6.45) is 0. The van der Waals surface area contributed by atoms with Gasteiger partial charge >= 0.3 is 0 Å². The smallest absolute Gasteiger partial charge is 0.0832 e. The number of hydrogen-bond acceptors (Lipinski definition) is 1. The first-order chi connectivity index (χ1) is 1.41. The molecule has 0 amide bonds. The van der Waals surface area contributed by atoms with Gasteiger partial charge < -0.3 is 0 Å². The van der Waals surface area contributed by atoms with E-state index in [-0.39, 0.29) is 24.4 Å². The van der Waals surface area contributed by atoms with Crippen molar-refractivity contribution in [2.45, 2.75) is 0 Å². The van der Waals surface area contributed by atoms with Crippen LogP contribution in [0.1, 0.15) is 0 Å². The van der Waals surface area contributed by atoms with Gasteiger partial charge in [0, 0.05) is 24.4 Å². The van der Waals surface area contributed by atoms with E-state index in [4.69, 9.17) is 0 Å². The molecule has 0 saturated heterocycles. The van der Waals surface area contributed by atoms with Crippen molar-refractivity contribution in [1.29, 1.82) is 0 Å². The van der Waals surface area contributed by atoms with Crippen LogP contribution in [0.5, 0.6) is 0 Å². The van der Waals surface area contributed by atoms with Crippen molar-refractivity contribution in [3.05, 3.63) is 0 Å². The van der Waals surface area contributed by atoms with Crippen molar-refractivity contribution < 1.29 is 3.84 Å². The zero-order valence-corrected chi connectivity index (χ0v) is 5.68. The van der Waals surface area contributed by atoms with E-state index in [1.807, 2.05) is 0 Å². The predicted octanol–water partition coefficient (Wildman–Crippen LogP) is 0.930. The minimum Gasteiger partial charge on any atom is -0.166 e. The van der Waals surface area contributed by atoms with E-state index >= 15 is 0 Å². The van der Waals surface area contributed by atoms with Gasteiger partial charge in [-0.1, -0.05) is 0 Å². The van der Waals surface area contributed by atoms with Crippen molar-refractivity contribution in [2.75, 3.05) is 0 Å². The molecule has 0 aliphatic carbocycles. The first-order valence-electron chi connectivity index (χ1n) is 0.309. The van der Waals surface area contributed by atoms with Gasteiger partial charge in [-0.3, -0.25) is 0 Å². The third-order valence-electron chi connectivity index (χ3n) is 0. The van der Waals surface area contributed by atoms with Gasteiger partial charge in [-0.2, -0.15) is 3.84 Å². The standard InChI is InChI=1S/Cl2O.Sb/c1-3-2;. The summed E-state index contributed by atoms with van der Waals surface area (Å²) in [6, 6.07) is 0. The average molecular weight is 209 g/mol. The fourth-order valence-electron chi connectivity index (χ4n) is 0. The maximum absolute atomic E-state index is 4.26. The minimum atomic E-state index is 0. The van der Waals surface area contributed by atoms with Crippen LogP contribution in [0.4, 0.5) is 0 Å². The molecule has 0 saturated carbocycles. The maximum Gasteiger partial charge on any atom is 0.0832 e. The Hall–Kier alpha value is 1.36. The average Bonchev–Trinajstić information content (AvgIpc) is 0.918. The molecule has 4 heteroatoms. The molecule has 0 rings (SSSR count). The molecule has 0 aliphatic heterocycles. The van der Waals surface area contributed by atoms with Crippen LogP contribution in [-0.2, 0) is 3.84 Å². The Kier molecular flexibility index (Phi) is 19.9. The fourth-order valence-corrected chi connectivity index (χ4v) is 0. The van der Waals surface area contributed by atoms with Crippen LogP contribution >= 0.6 is 23.7 Å². The molecular formula is Cl2OSb. The van der Waals surface area contributed by atoms with Gasteiger partial charge in [-0.15, -0.1) is 0 Å². The second-order valence-corrected chi connectivity index (χ2v) is 0.525. The zero-order chi connectivity index (χ0) is 2.71. The normalized spacial score (nSPS) is 4.50. The molecule has 0 bridgehead atoms. The maximum atomic E-state index is 4.26. The Morgan fingerprint density at radius 3 is 1.25 bits per heavy atom.